The first kappa shape index (κ1) is 13.4. The van der Waals surface area contributed by atoms with Crippen molar-refractivity contribution in [3.63, 3.8) is 0 Å². The minimum absolute atomic E-state index is 0.170. The molecule has 0 saturated carbocycles. The third-order valence-electron chi connectivity index (χ3n) is 3.98. The number of amides is 3. The summed E-state index contributed by atoms with van der Waals surface area (Å²) >= 11 is 6.02. The number of carbonyl (C=O) groups excluding carboxylic acids is 2. The van der Waals surface area contributed by atoms with Crippen LogP contribution in [0.5, 0.6) is 0 Å². The number of halogens is 1. The van der Waals surface area contributed by atoms with Crippen molar-refractivity contribution in [3.05, 3.63) is 22.3 Å². The summed E-state index contributed by atoms with van der Waals surface area (Å²) in [6, 6.07) is 1.16. The second-order valence-corrected chi connectivity index (χ2v) is 6.07. The standard InChI is InChI=1S/C14H16ClN3O2/c1-7-4-11-13(19)18(14(20)17(11)6-7)12-8(2)5-10(15)9(3)16-12/h5,7,11H,4,6H2,1-3H3. The van der Waals surface area contributed by atoms with Crippen LogP contribution in [0.4, 0.5) is 10.6 Å². The molecule has 0 radical (unpaired) electrons. The number of hydrogen-bond acceptors (Lipinski definition) is 3. The number of carbonyl (C=O) groups is 2. The second-order valence-electron chi connectivity index (χ2n) is 5.66. The van der Waals surface area contributed by atoms with Gasteiger partial charge < -0.3 is 4.90 Å². The van der Waals surface area contributed by atoms with Crippen molar-refractivity contribution in [3.8, 4) is 0 Å². The number of rotatable bonds is 1. The highest BCUT2D eigenvalue weighted by molar-refractivity contribution is 6.31. The van der Waals surface area contributed by atoms with Crippen LogP contribution in [-0.2, 0) is 4.79 Å². The van der Waals surface area contributed by atoms with E-state index in [1.165, 1.54) is 4.90 Å². The van der Waals surface area contributed by atoms with Gasteiger partial charge in [-0.15, -0.1) is 0 Å². The number of aryl methyl sites for hydroxylation is 2. The van der Waals surface area contributed by atoms with Gasteiger partial charge in [0.1, 0.15) is 11.9 Å². The van der Waals surface area contributed by atoms with E-state index in [0.717, 1.165) is 12.0 Å². The van der Waals surface area contributed by atoms with Crippen LogP contribution >= 0.6 is 11.6 Å². The summed E-state index contributed by atoms with van der Waals surface area (Å²) in [7, 11) is 0. The molecule has 0 spiro atoms. The molecular formula is C14H16ClN3O2. The van der Waals surface area contributed by atoms with Crippen molar-refractivity contribution in [1.29, 1.82) is 0 Å². The van der Waals surface area contributed by atoms with E-state index in [-0.39, 0.29) is 18.0 Å². The molecule has 0 bridgehead atoms. The number of nitrogens with zero attached hydrogens (tertiary/aromatic N) is 3. The van der Waals surface area contributed by atoms with E-state index in [2.05, 4.69) is 11.9 Å². The second kappa shape index (κ2) is 4.45. The fourth-order valence-electron chi connectivity index (χ4n) is 2.94. The molecule has 20 heavy (non-hydrogen) atoms. The summed E-state index contributed by atoms with van der Waals surface area (Å²) < 4.78 is 0. The highest BCUT2D eigenvalue weighted by Gasteiger charge is 2.50. The van der Waals surface area contributed by atoms with Gasteiger partial charge in [0.2, 0.25) is 0 Å². The quantitative estimate of drug-likeness (QED) is 0.748. The number of anilines is 1. The van der Waals surface area contributed by atoms with Crippen molar-refractivity contribution in [2.45, 2.75) is 33.2 Å². The van der Waals surface area contributed by atoms with Gasteiger partial charge in [-0.2, -0.15) is 0 Å². The summed E-state index contributed by atoms with van der Waals surface area (Å²) in [5, 5.41) is 0.541. The SMILES string of the molecule is Cc1cc(Cl)c(C)nc1N1C(=O)C2CC(C)CN2C1=O. The summed E-state index contributed by atoms with van der Waals surface area (Å²) in [4.78, 5) is 32.1. The van der Waals surface area contributed by atoms with E-state index in [0.29, 0.717) is 29.0 Å². The number of fused-ring (bicyclic) bond motifs is 1. The van der Waals surface area contributed by atoms with Gasteiger partial charge in [-0.1, -0.05) is 18.5 Å². The van der Waals surface area contributed by atoms with Gasteiger partial charge in [0.25, 0.3) is 5.91 Å². The van der Waals surface area contributed by atoms with Crippen molar-refractivity contribution >= 4 is 29.4 Å². The molecule has 1 aromatic heterocycles. The average Bonchev–Trinajstić information content (AvgIpc) is 2.85. The fraction of sp³-hybridized carbons (Fsp3) is 0.500. The van der Waals surface area contributed by atoms with E-state index < -0.39 is 0 Å². The van der Waals surface area contributed by atoms with Gasteiger partial charge >= 0.3 is 6.03 Å². The van der Waals surface area contributed by atoms with E-state index in [1.54, 1.807) is 24.8 Å². The van der Waals surface area contributed by atoms with Crippen LogP contribution in [0.2, 0.25) is 5.02 Å². The molecule has 3 rings (SSSR count). The molecule has 3 amide bonds. The molecule has 6 heteroatoms. The molecule has 2 fully saturated rings. The summed E-state index contributed by atoms with van der Waals surface area (Å²) in [6.45, 7) is 6.26. The van der Waals surface area contributed by atoms with Crippen LogP contribution in [-0.4, -0.2) is 34.4 Å². The van der Waals surface area contributed by atoms with Gasteiger partial charge in [0.15, 0.2) is 0 Å². The molecular weight excluding hydrogens is 278 g/mol. The molecule has 106 valence electrons. The third kappa shape index (κ3) is 1.80. The highest BCUT2D eigenvalue weighted by Crippen LogP contribution is 2.35. The first-order valence-corrected chi connectivity index (χ1v) is 7.06. The zero-order valence-corrected chi connectivity index (χ0v) is 12.4. The zero-order chi connectivity index (χ0) is 14.6. The van der Waals surface area contributed by atoms with Gasteiger partial charge in [-0.05, 0) is 37.8 Å². The molecule has 0 aromatic carbocycles. The maximum absolute atomic E-state index is 12.5. The normalized spacial score (nSPS) is 25.6. The maximum atomic E-state index is 12.5. The molecule has 2 unspecified atom stereocenters. The lowest BCUT2D eigenvalue weighted by Gasteiger charge is -2.18. The molecule has 5 nitrogen and oxygen atoms in total. The molecule has 0 N–H and O–H groups in total. The number of imide groups is 1. The molecule has 2 aliphatic rings. The Morgan fingerprint density at radius 3 is 2.70 bits per heavy atom. The minimum atomic E-state index is -0.324. The lowest BCUT2D eigenvalue weighted by molar-refractivity contribution is -0.119. The summed E-state index contributed by atoms with van der Waals surface area (Å²) in [5.41, 5.74) is 1.35. The van der Waals surface area contributed by atoms with Crippen LogP contribution < -0.4 is 4.90 Å². The first-order chi connectivity index (χ1) is 9.40. The van der Waals surface area contributed by atoms with Crippen molar-refractivity contribution < 1.29 is 9.59 Å². The predicted octanol–water partition coefficient (Wildman–Crippen LogP) is 2.53. The maximum Gasteiger partial charge on any atom is 0.333 e. The first-order valence-electron chi connectivity index (χ1n) is 6.68. The lowest BCUT2D eigenvalue weighted by atomic mass is 10.1. The van der Waals surface area contributed by atoms with Crippen LogP contribution in [0.3, 0.4) is 0 Å². The number of pyridine rings is 1. The Labute approximate surface area is 122 Å². The van der Waals surface area contributed by atoms with Crippen molar-refractivity contribution in [2.24, 2.45) is 5.92 Å². The molecule has 0 aliphatic carbocycles. The Morgan fingerprint density at radius 2 is 2.05 bits per heavy atom. The lowest BCUT2D eigenvalue weighted by Crippen LogP contribution is -2.35. The summed E-state index contributed by atoms with van der Waals surface area (Å²) in [6.07, 6.45) is 0.729. The Kier molecular flexibility index (Phi) is 2.97. The number of urea groups is 1. The molecule has 2 aliphatic heterocycles. The van der Waals surface area contributed by atoms with Crippen LogP contribution in [0.25, 0.3) is 0 Å². The highest BCUT2D eigenvalue weighted by atomic mass is 35.5. The molecule has 1 aromatic rings. The van der Waals surface area contributed by atoms with E-state index in [1.807, 2.05) is 0 Å². The van der Waals surface area contributed by atoms with Gasteiger partial charge in [0, 0.05) is 6.54 Å². The largest absolute Gasteiger partial charge is 0.333 e. The topological polar surface area (TPSA) is 53.5 Å². The van der Waals surface area contributed by atoms with Crippen LogP contribution in [0.15, 0.2) is 6.07 Å². The zero-order valence-electron chi connectivity index (χ0n) is 11.7. The molecule has 2 atom stereocenters. The third-order valence-corrected chi connectivity index (χ3v) is 4.36. The van der Waals surface area contributed by atoms with Crippen molar-refractivity contribution in [1.82, 2.24) is 9.88 Å². The number of hydrogen-bond donors (Lipinski definition) is 0. The van der Waals surface area contributed by atoms with Crippen LogP contribution in [0, 0.1) is 19.8 Å². The Balaban J connectivity index is 2.02. The fourth-order valence-corrected chi connectivity index (χ4v) is 3.15. The van der Waals surface area contributed by atoms with Crippen LogP contribution in [0.1, 0.15) is 24.6 Å². The van der Waals surface area contributed by atoms with Gasteiger partial charge in [-0.25, -0.2) is 14.7 Å². The van der Waals surface area contributed by atoms with E-state index in [9.17, 15) is 9.59 Å². The van der Waals surface area contributed by atoms with E-state index in [4.69, 9.17) is 11.6 Å². The number of aromatic nitrogens is 1. The molecule has 3 heterocycles. The minimum Gasteiger partial charge on any atom is -0.312 e. The van der Waals surface area contributed by atoms with E-state index >= 15 is 0 Å². The van der Waals surface area contributed by atoms with Gasteiger partial charge in [0.05, 0.1) is 10.7 Å². The summed E-state index contributed by atoms with van der Waals surface area (Å²) in [5.74, 6) is 0.608. The van der Waals surface area contributed by atoms with Crippen molar-refractivity contribution in [2.75, 3.05) is 11.4 Å². The molecule has 2 saturated heterocycles. The Hall–Kier alpha value is -1.62. The predicted molar refractivity (Wildman–Crippen MR) is 75.9 cm³/mol. The Bertz CT molecular complexity index is 593. The monoisotopic (exact) mass is 293 g/mol. The Morgan fingerprint density at radius 1 is 1.35 bits per heavy atom. The smallest absolute Gasteiger partial charge is 0.312 e. The average molecular weight is 294 g/mol. The van der Waals surface area contributed by atoms with Gasteiger partial charge in [-0.3, -0.25) is 4.79 Å².